The number of nitrogens with one attached hydrogen (secondary N) is 2. The number of amides is 3. The fraction of sp³-hybridized carbons (Fsp3) is 0.143. The summed E-state index contributed by atoms with van der Waals surface area (Å²) in [6, 6.07) is 15.6. The first-order valence-corrected chi connectivity index (χ1v) is 12.2. The molecule has 2 N–H and O–H groups in total. The van der Waals surface area contributed by atoms with Gasteiger partial charge in [-0.05, 0) is 68.4 Å². The van der Waals surface area contributed by atoms with Crippen molar-refractivity contribution in [1.82, 2.24) is 0 Å². The van der Waals surface area contributed by atoms with Crippen LogP contribution in [0.15, 0.2) is 83.5 Å². The minimum atomic E-state index is -4.57. The van der Waals surface area contributed by atoms with Crippen molar-refractivity contribution in [3.8, 4) is 0 Å². The number of halogens is 4. The van der Waals surface area contributed by atoms with Crippen molar-refractivity contribution in [2.24, 2.45) is 0 Å². The Hall–Kier alpha value is -4.64. The third-order valence-electron chi connectivity index (χ3n) is 5.55. The maximum Gasteiger partial charge on any atom is 0.416 e. The third kappa shape index (κ3) is 6.15. The number of carbonyl (C=O) groups is 4. The molecule has 0 bridgehead atoms. The molecule has 0 atom stereocenters. The molecule has 0 radical (unpaired) electrons. The van der Waals surface area contributed by atoms with Crippen LogP contribution in [0, 0.1) is 0 Å². The number of carbonyl (C=O) groups excluding carboxylic acids is 4. The van der Waals surface area contributed by atoms with Crippen molar-refractivity contribution in [2.75, 3.05) is 15.5 Å². The highest BCUT2D eigenvalue weighted by Gasteiger charge is 2.39. The van der Waals surface area contributed by atoms with Crippen LogP contribution in [0.2, 0.25) is 0 Å². The zero-order valence-corrected chi connectivity index (χ0v) is 21.8. The Morgan fingerprint density at radius 2 is 1.52 bits per heavy atom. The molecule has 12 heteroatoms. The van der Waals surface area contributed by atoms with Gasteiger partial charge in [0.25, 0.3) is 17.7 Å². The van der Waals surface area contributed by atoms with Gasteiger partial charge in [0, 0.05) is 16.9 Å². The summed E-state index contributed by atoms with van der Waals surface area (Å²) in [6.07, 6.45) is -4.95. The van der Waals surface area contributed by atoms with Crippen LogP contribution in [0.4, 0.5) is 30.2 Å². The number of anilines is 3. The monoisotopic (exact) mass is 571 g/mol. The Labute approximate surface area is 231 Å². The van der Waals surface area contributed by atoms with Gasteiger partial charge in [0.1, 0.15) is 10.7 Å². The zero-order chi connectivity index (χ0) is 29.2. The van der Waals surface area contributed by atoms with E-state index in [2.05, 4.69) is 10.6 Å². The van der Waals surface area contributed by atoms with Crippen LogP contribution >= 0.6 is 11.6 Å². The number of esters is 1. The average molecular weight is 572 g/mol. The van der Waals surface area contributed by atoms with Gasteiger partial charge < -0.3 is 15.4 Å². The minimum Gasteiger partial charge on any atom is -0.459 e. The van der Waals surface area contributed by atoms with Gasteiger partial charge in [-0.3, -0.25) is 14.4 Å². The molecule has 0 saturated carbocycles. The van der Waals surface area contributed by atoms with Crippen LogP contribution in [-0.4, -0.2) is 29.8 Å². The van der Waals surface area contributed by atoms with E-state index >= 15 is 0 Å². The molecule has 4 rings (SSSR count). The largest absolute Gasteiger partial charge is 0.459 e. The summed E-state index contributed by atoms with van der Waals surface area (Å²) in [5, 5.41) is 4.72. The van der Waals surface area contributed by atoms with Crippen molar-refractivity contribution >= 4 is 52.4 Å². The molecule has 3 amide bonds. The summed E-state index contributed by atoms with van der Waals surface area (Å²) in [4.78, 5) is 51.8. The topological polar surface area (TPSA) is 105 Å². The van der Waals surface area contributed by atoms with Crippen molar-refractivity contribution in [3.05, 3.63) is 100 Å². The van der Waals surface area contributed by atoms with Gasteiger partial charge >= 0.3 is 12.1 Å². The first-order chi connectivity index (χ1) is 18.8. The predicted molar refractivity (Wildman–Crippen MR) is 142 cm³/mol. The highest BCUT2D eigenvalue weighted by Crippen LogP contribution is 2.32. The number of imide groups is 1. The lowest BCUT2D eigenvalue weighted by Crippen LogP contribution is -2.32. The molecule has 0 aromatic heterocycles. The van der Waals surface area contributed by atoms with E-state index in [0.29, 0.717) is 0 Å². The smallest absolute Gasteiger partial charge is 0.416 e. The average Bonchev–Trinajstić information content (AvgIpc) is 3.11. The summed E-state index contributed by atoms with van der Waals surface area (Å²) in [5.41, 5.74) is -0.751. The number of benzene rings is 3. The maximum atomic E-state index is 13.2. The van der Waals surface area contributed by atoms with Crippen LogP contribution in [0.5, 0.6) is 0 Å². The molecule has 3 aromatic carbocycles. The summed E-state index contributed by atoms with van der Waals surface area (Å²) < 4.78 is 44.1. The number of alkyl halides is 3. The Balaban J connectivity index is 1.52. The molecule has 0 unspecified atom stereocenters. The molecule has 0 aliphatic carbocycles. The zero-order valence-electron chi connectivity index (χ0n) is 21.0. The van der Waals surface area contributed by atoms with Crippen molar-refractivity contribution in [1.29, 1.82) is 0 Å². The van der Waals surface area contributed by atoms with Gasteiger partial charge in [0.05, 0.1) is 22.9 Å². The predicted octanol–water partition coefficient (Wildman–Crippen LogP) is 5.96. The fourth-order valence-corrected chi connectivity index (χ4v) is 3.97. The molecular formula is C28H21ClF3N3O5. The van der Waals surface area contributed by atoms with Gasteiger partial charge in [0.2, 0.25) is 0 Å². The van der Waals surface area contributed by atoms with E-state index in [1.54, 1.807) is 13.8 Å². The van der Waals surface area contributed by atoms with E-state index in [0.717, 1.165) is 17.0 Å². The molecule has 1 aliphatic rings. The fourth-order valence-electron chi connectivity index (χ4n) is 3.76. The van der Waals surface area contributed by atoms with Crippen LogP contribution in [0.25, 0.3) is 0 Å². The van der Waals surface area contributed by atoms with Gasteiger partial charge in [-0.15, -0.1) is 0 Å². The molecule has 0 fully saturated rings. The molecule has 0 spiro atoms. The van der Waals surface area contributed by atoms with Crippen LogP contribution in [-0.2, 0) is 20.5 Å². The normalized spacial score (nSPS) is 13.6. The standard InChI is InChI=1S/C28H21ClF3N3O5/c1-15(2)40-27(39)17-7-4-11-21(13-17)35-25(37)22(29)23(26(35)38)33-19-9-3-6-16(12-19)24(36)34-20-10-5-8-18(14-20)28(30,31)32/h3-15,33H,1-2H3,(H,34,36). The Kier molecular flexibility index (Phi) is 7.96. The first-order valence-electron chi connectivity index (χ1n) is 11.8. The van der Waals surface area contributed by atoms with Crippen molar-refractivity contribution < 1.29 is 37.1 Å². The second-order valence-corrected chi connectivity index (χ2v) is 9.26. The quantitative estimate of drug-likeness (QED) is 0.268. The number of ether oxygens (including phenoxy) is 1. The molecule has 206 valence electrons. The molecule has 1 heterocycles. The van der Waals surface area contributed by atoms with Gasteiger partial charge in [-0.25, -0.2) is 9.69 Å². The molecule has 3 aromatic rings. The van der Waals surface area contributed by atoms with E-state index in [-0.39, 0.29) is 40.0 Å². The van der Waals surface area contributed by atoms with Crippen LogP contribution < -0.4 is 15.5 Å². The molecule has 0 saturated heterocycles. The summed E-state index contributed by atoms with van der Waals surface area (Å²) in [6.45, 7) is 3.36. The number of hydrogen-bond donors (Lipinski definition) is 2. The first kappa shape index (κ1) is 28.4. The van der Waals surface area contributed by atoms with Crippen molar-refractivity contribution in [3.63, 3.8) is 0 Å². The summed E-state index contributed by atoms with van der Waals surface area (Å²) in [7, 11) is 0. The second kappa shape index (κ2) is 11.2. The lowest BCUT2D eigenvalue weighted by Gasteiger charge is -2.16. The Bertz CT molecular complexity index is 1550. The molecule has 1 aliphatic heterocycles. The molecular weight excluding hydrogens is 551 g/mol. The molecule has 8 nitrogen and oxygen atoms in total. The van der Waals surface area contributed by atoms with E-state index in [9.17, 15) is 32.3 Å². The van der Waals surface area contributed by atoms with E-state index in [1.807, 2.05) is 0 Å². The maximum absolute atomic E-state index is 13.2. The highest BCUT2D eigenvalue weighted by atomic mass is 35.5. The number of nitrogens with zero attached hydrogens (tertiary/aromatic N) is 1. The Morgan fingerprint density at radius 3 is 2.23 bits per heavy atom. The van der Waals surface area contributed by atoms with Crippen molar-refractivity contribution in [2.45, 2.75) is 26.1 Å². The third-order valence-corrected chi connectivity index (χ3v) is 5.90. The van der Waals surface area contributed by atoms with Crippen LogP contribution in [0.1, 0.15) is 40.1 Å². The SMILES string of the molecule is CC(C)OC(=O)c1cccc(N2C(=O)C(Cl)=C(Nc3cccc(C(=O)Nc4cccc(C(F)(F)F)c4)c3)C2=O)c1. The minimum absolute atomic E-state index is 0.0594. The molecule has 40 heavy (non-hydrogen) atoms. The van der Waals surface area contributed by atoms with E-state index in [1.165, 1.54) is 60.7 Å². The second-order valence-electron chi connectivity index (χ2n) is 8.88. The van der Waals surface area contributed by atoms with Crippen LogP contribution in [0.3, 0.4) is 0 Å². The van der Waals surface area contributed by atoms with Gasteiger partial charge in [0.15, 0.2) is 0 Å². The number of hydrogen-bond acceptors (Lipinski definition) is 6. The van der Waals surface area contributed by atoms with E-state index < -0.39 is 40.5 Å². The van der Waals surface area contributed by atoms with E-state index in [4.69, 9.17) is 16.3 Å². The van der Waals surface area contributed by atoms with Gasteiger partial charge in [-0.1, -0.05) is 29.8 Å². The number of rotatable bonds is 7. The highest BCUT2D eigenvalue weighted by molar-refractivity contribution is 6.53. The van der Waals surface area contributed by atoms with Gasteiger partial charge in [-0.2, -0.15) is 13.2 Å². The summed E-state index contributed by atoms with van der Waals surface area (Å²) >= 11 is 6.19. The Morgan fingerprint density at radius 1 is 0.875 bits per heavy atom. The lowest BCUT2D eigenvalue weighted by molar-refractivity contribution is -0.137. The lowest BCUT2D eigenvalue weighted by atomic mass is 10.1. The summed E-state index contributed by atoms with van der Waals surface area (Å²) in [5.74, 6) is -2.97.